The lowest BCUT2D eigenvalue weighted by Crippen LogP contribution is -2.49. The fourth-order valence-electron chi connectivity index (χ4n) is 2.52. The minimum Gasteiger partial charge on any atom is -0.465 e. The predicted molar refractivity (Wildman–Crippen MR) is 69.8 cm³/mol. The monoisotopic (exact) mass is 277 g/mol. The van der Waals surface area contributed by atoms with E-state index in [9.17, 15) is 14.0 Å². The van der Waals surface area contributed by atoms with E-state index in [-0.39, 0.29) is 23.3 Å². The molecule has 1 amide bonds. The van der Waals surface area contributed by atoms with Crippen molar-refractivity contribution in [1.29, 1.82) is 0 Å². The molecule has 0 radical (unpaired) electrons. The van der Waals surface area contributed by atoms with Crippen LogP contribution in [-0.2, 0) is 9.53 Å². The molecule has 0 unspecified atom stereocenters. The standard InChI is InChI=1S/C15H16FNO3/c1-20-15(19)12-6-10(4-5-13(12)16)11-7-17(8-11)14(18)9-2-3-9/h4-6,9,11H,2-3,7-8H2,1H3. The average molecular weight is 277 g/mol. The average Bonchev–Trinajstić information content (AvgIpc) is 3.22. The number of ether oxygens (including phenoxy) is 1. The number of carbonyl (C=O) groups is 2. The van der Waals surface area contributed by atoms with E-state index in [0.717, 1.165) is 18.4 Å². The summed E-state index contributed by atoms with van der Waals surface area (Å²) < 4.78 is 18.1. The van der Waals surface area contributed by atoms with E-state index in [1.54, 1.807) is 6.07 Å². The maximum atomic E-state index is 13.5. The highest BCUT2D eigenvalue weighted by molar-refractivity contribution is 5.90. The van der Waals surface area contributed by atoms with Gasteiger partial charge in [0, 0.05) is 24.9 Å². The molecule has 1 aromatic carbocycles. The van der Waals surface area contributed by atoms with Crippen LogP contribution in [0.15, 0.2) is 18.2 Å². The van der Waals surface area contributed by atoms with Crippen LogP contribution in [0.5, 0.6) is 0 Å². The molecule has 3 rings (SSSR count). The van der Waals surface area contributed by atoms with Gasteiger partial charge in [-0.3, -0.25) is 4.79 Å². The Kier molecular flexibility index (Phi) is 3.20. The summed E-state index contributed by atoms with van der Waals surface area (Å²) in [5, 5.41) is 0. The molecular weight excluding hydrogens is 261 g/mol. The topological polar surface area (TPSA) is 46.6 Å². The fraction of sp³-hybridized carbons (Fsp3) is 0.467. The lowest BCUT2D eigenvalue weighted by Gasteiger charge is -2.40. The van der Waals surface area contributed by atoms with E-state index < -0.39 is 11.8 Å². The first-order chi connectivity index (χ1) is 9.60. The van der Waals surface area contributed by atoms with Gasteiger partial charge in [-0.05, 0) is 30.5 Å². The molecule has 4 nitrogen and oxygen atoms in total. The summed E-state index contributed by atoms with van der Waals surface area (Å²) in [6, 6.07) is 4.49. The Labute approximate surface area is 116 Å². The molecule has 1 aliphatic carbocycles. The summed E-state index contributed by atoms with van der Waals surface area (Å²) in [6.45, 7) is 1.31. The molecule has 1 saturated carbocycles. The number of rotatable bonds is 3. The van der Waals surface area contributed by atoms with Crippen LogP contribution in [0.1, 0.15) is 34.7 Å². The third-order valence-corrected chi connectivity index (χ3v) is 3.99. The molecule has 2 fully saturated rings. The Morgan fingerprint density at radius 2 is 2.00 bits per heavy atom. The molecule has 0 atom stereocenters. The van der Waals surface area contributed by atoms with E-state index in [0.29, 0.717) is 13.1 Å². The van der Waals surface area contributed by atoms with Gasteiger partial charge in [-0.15, -0.1) is 0 Å². The zero-order chi connectivity index (χ0) is 14.3. The van der Waals surface area contributed by atoms with Crippen molar-refractivity contribution in [3.05, 3.63) is 35.1 Å². The van der Waals surface area contributed by atoms with Gasteiger partial charge in [-0.25, -0.2) is 9.18 Å². The number of hydrogen-bond donors (Lipinski definition) is 0. The second-order valence-electron chi connectivity index (χ2n) is 5.45. The van der Waals surface area contributed by atoms with Crippen molar-refractivity contribution in [2.45, 2.75) is 18.8 Å². The SMILES string of the molecule is COC(=O)c1cc(C2CN(C(=O)C3CC3)C2)ccc1F. The van der Waals surface area contributed by atoms with Crippen molar-refractivity contribution < 1.29 is 18.7 Å². The Morgan fingerprint density at radius 1 is 1.30 bits per heavy atom. The second kappa shape index (κ2) is 4.89. The number of hydrogen-bond acceptors (Lipinski definition) is 3. The predicted octanol–water partition coefficient (Wildman–Crippen LogP) is 1.95. The summed E-state index contributed by atoms with van der Waals surface area (Å²) in [5.74, 6) is -0.603. The van der Waals surface area contributed by atoms with E-state index in [1.807, 2.05) is 4.90 Å². The normalized spacial score (nSPS) is 18.6. The van der Waals surface area contributed by atoms with Crippen LogP contribution >= 0.6 is 0 Å². The van der Waals surface area contributed by atoms with Crippen molar-refractivity contribution in [2.24, 2.45) is 5.92 Å². The number of halogens is 1. The number of carbonyl (C=O) groups excluding carboxylic acids is 2. The number of methoxy groups -OCH3 is 1. The molecule has 1 saturated heterocycles. The van der Waals surface area contributed by atoms with Crippen molar-refractivity contribution in [2.75, 3.05) is 20.2 Å². The molecule has 106 valence electrons. The van der Waals surface area contributed by atoms with Gasteiger partial charge >= 0.3 is 5.97 Å². The van der Waals surface area contributed by atoms with Crippen molar-refractivity contribution in [1.82, 2.24) is 4.90 Å². The minimum atomic E-state index is -0.672. The number of likely N-dealkylation sites (tertiary alicyclic amines) is 1. The molecule has 20 heavy (non-hydrogen) atoms. The van der Waals surface area contributed by atoms with Crippen LogP contribution in [0.3, 0.4) is 0 Å². The van der Waals surface area contributed by atoms with Gasteiger partial charge in [0.25, 0.3) is 0 Å². The third-order valence-electron chi connectivity index (χ3n) is 3.99. The van der Waals surface area contributed by atoms with Gasteiger partial charge in [0.2, 0.25) is 5.91 Å². The zero-order valence-corrected chi connectivity index (χ0v) is 11.3. The van der Waals surface area contributed by atoms with Gasteiger partial charge in [0.05, 0.1) is 12.7 Å². The number of esters is 1. The Morgan fingerprint density at radius 3 is 2.60 bits per heavy atom. The largest absolute Gasteiger partial charge is 0.465 e. The van der Waals surface area contributed by atoms with Gasteiger partial charge in [0.15, 0.2) is 0 Å². The highest BCUT2D eigenvalue weighted by Gasteiger charge is 2.39. The Hall–Kier alpha value is -1.91. The summed E-state index contributed by atoms with van der Waals surface area (Å²) >= 11 is 0. The van der Waals surface area contributed by atoms with Gasteiger partial charge in [-0.1, -0.05) is 6.07 Å². The third kappa shape index (κ3) is 2.28. The molecule has 1 heterocycles. The summed E-state index contributed by atoms with van der Waals surface area (Å²) in [6.07, 6.45) is 2.01. The zero-order valence-electron chi connectivity index (χ0n) is 11.3. The summed E-state index contributed by atoms with van der Waals surface area (Å²) in [4.78, 5) is 25.1. The maximum Gasteiger partial charge on any atom is 0.340 e. The van der Waals surface area contributed by atoms with Crippen molar-refractivity contribution >= 4 is 11.9 Å². The molecule has 2 aliphatic rings. The summed E-state index contributed by atoms with van der Waals surface area (Å²) in [5.41, 5.74) is 0.837. The van der Waals surface area contributed by atoms with Crippen molar-refractivity contribution in [3.8, 4) is 0 Å². The van der Waals surface area contributed by atoms with Crippen LogP contribution < -0.4 is 0 Å². The van der Waals surface area contributed by atoms with E-state index >= 15 is 0 Å². The molecule has 1 aromatic rings. The first kappa shape index (κ1) is 13.1. The minimum absolute atomic E-state index is 0.0445. The first-order valence-corrected chi connectivity index (χ1v) is 6.76. The highest BCUT2D eigenvalue weighted by atomic mass is 19.1. The maximum absolute atomic E-state index is 13.5. The first-order valence-electron chi connectivity index (χ1n) is 6.76. The number of amides is 1. The molecule has 0 spiro atoms. The van der Waals surface area contributed by atoms with Gasteiger partial charge in [0.1, 0.15) is 5.82 Å². The number of nitrogens with zero attached hydrogens (tertiary/aromatic N) is 1. The summed E-state index contributed by atoms with van der Waals surface area (Å²) in [7, 11) is 1.23. The van der Waals surface area contributed by atoms with Crippen LogP contribution in [-0.4, -0.2) is 37.0 Å². The molecule has 0 bridgehead atoms. The lowest BCUT2D eigenvalue weighted by molar-refractivity contribution is -0.137. The van der Waals surface area contributed by atoms with Crippen LogP contribution in [0.25, 0.3) is 0 Å². The van der Waals surface area contributed by atoms with E-state index in [4.69, 9.17) is 0 Å². The lowest BCUT2D eigenvalue weighted by atomic mass is 9.90. The highest BCUT2D eigenvalue weighted by Crippen LogP contribution is 2.36. The van der Waals surface area contributed by atoms with Crippen LogP contribution in [0, 0.1) is 11.7 Å². The fourth-order valence-corrected chi connectivity index (χ4v) is 2.52. The van der Waals surface area contributed by atoms with Crippen LogP contribution in [0.4, 0.5) is 4.39 Å². The second-order valence-corrected chi connectivity index (χ2v) is 5.45. The smallest absolute Gasteiger partial charge is 0.340 e. The quantitative estimate of drug-likeness (QED) is 0.793. The van der Waals surface area contributed by atoms with Crippen molar-refractivity contribution in [3.63, 3.8) is 0 Å². The van der Waals surface area contributed by atoms with E-state index in [2.05, 4.69) is 4.74 Å². The van der Waals surface area contributed by atoms with E-state index in [1.165, 1.54) is 19.2 Å². The molecule has 0 N–H and O–H groups in total. The molecule has 1 aliphatic heterocycles. The Bertz CT molecular complexity index is 562. The van der Waals surface area contributed by atoms with Gasteiger partial charge < -0.3 is 9.64 Å². The molecule has 5 heteroatoms. The number of benzene rings is 1. The van der Waals surface area contributed by atoms with Gasteiger partial charge in [-0.2, -0.15) is 0 Å². The molecule has 0 aromatic heterocycles. The Balaban J connectivity index is 1.69. The van der Waals surface area contributed by atoms with Crippen LogP contribution in [0.2, 0.25) is 0 Å². The molecular formula is C15H16FNO3.